The first-order chi connectivity index (χ1) is 5.75. The number of halogens is 1. The Bertz CT molecular complexity index is 355. The van der Waals surface area contributed by atoms with Gasteiger partial charge in [-0.3, -0.25) is 4.68 Å². The molecule has 62 valence electrons. The van der Waals surface area contributed by atoms with E-state index in [1.54, 1.807) is 4.68 Å². The summed E-state index contributed by atoms with van der Waals surface area (Å²) >= 11 is 1.96. The molecule has 0 N–H and O–H groups in total. The Hall–Kier alpha value is -0.920. The molecule has 0 atom stereocenters. The highest BCUT2D eigenvalue weighted by atomic mass is 127. The van der Waals surface area contributed by atoms with Crippen molar-refractivity contribution in [2.45, 2.75) is 0 Å². The lowest BCUT2D eigenvalue weighted by Crippen LogP contribution is -1.87. The molecule has 0 fully saturated rings. The van der Waals surface area contributed by atoms with Crippen molar-refractivity contribution in [2.75, 3.05) is 0 Å². The van der Waals surface area contributed by atoms with Crippen molar-refractivity contribution < 1.29 is 4.42 Å². The normalized spacial score (nSPS) is 10.5. The summed E-state index contributed by atoms with van der Waals surface area (Å²) in [5.74, 6) is 0.458. The second-order valence-electron chi connectivity index (χ2n) is 2.23. The topological polar surface area (TPSA) is 56.7 Å². The van der Waals surface area contributed by atoms with Crippen molar-refractivity contribution >= 4 is 22.6 Å². The van der Waals surface area contributed by atoms with Gasteiger partial charge in [-0.1, -0.05) is 0 Å². The van der Waals surface area contributed by atoms with Crippen molar-refractivity contribution in [3.63, 3.8) is 0 Å². The number of rotatable bonds is 1. The van der Waals surface area contributed by atoms with Crippen LogP contribution in [0, 0.1) is 3.90 Å². The third-order valence-electron chi connectivity index (χ3n) is 1.33. The summed E-state index contributed by atoms with van der Waals surface area (Å²) < 4.78 is 7.38. The summed E-state index contributed by atoms with van der Waals surface area (Å²) in [6.45, 7) is 0. The molecule has 0 spiro atoms. The molecule has 0 bridgehead atoms. The van der Waals surface area contributed by atoms with Crippen LogP contribution in [0.5, 0.6) is 0 Å². The van der Waals surface area contributed by atoms with Crippen LogP contribution in [-0.4, -0.2) is 20.0 Å². The molecule has 0 amide bonds. The van der Waals surface area contributed by atoms with E-state index in [9.17, 15) is 0 Å². The van der Waals surface area contributed by atoms with Crippen LogP contribution < -0.4 is 0 Å². The standard InChI is InChI=1S/C6H5IN4O/c1-11-3-2-4(10-11)5-8-9-6(7)12-5/h2-3H,1H3. The van der Waals surface area contributed by atoms with Crippen LogP contribution in [-0.2, 0) is 7.05 Å². The highest BCUT2D eigenvalue weighted by Crippen LogP contribution is 2.15. The Morgan fingerprint density at radius 2 is 2.33 bits per heavy atom. The maximum Gasteiger partial charge on any atom is 0.278 e. The van der Waals surface area contributed by atoms with E-state index in [2.05, 4.69) is 15.3 Å². The van der Waals surface area contributed by atoms with Crippen LogP contribution >= 0.6 is 22.6 Å². The summed E-state index contributed by atoms with van der Waals surface area (Å²) in [5.41, 5.74) is 0.702. The minimum absolute atomic E-state index is 0.458. The minimum atomic E-state index is 0.458. The molecular formula is C6H5IN4O. The third-order valence-corrected chi connectivity index (χ3v) is 1.77. The first-order valence-electron chi connectivity index (χ1n) is 3.25. The lowest BCUT2D eigenvalue weighted by atomic mass is 10.4. The predicted molar refractivity (Wildman–Crippen MR) is 49.2 cm³/mol. The molecule has 0 aromatic carbocycles. The average Bonchev–Trinajstić information content (AvgIpc) is 2.58. The zero-order chi connectivity index (χ0) is 8.55. The quantitative estimate of drug-likeness (QED) is 0.731. The Morgan fingerprint density at radius 3 is 2.83 bits per heavy atom. The van der Waals surface area contributed by atoms with Crippen molar-refractivity contribution in [1.29, 1.82) is 0 Å². The predicted octanol–water partition coefficient (Wildman–Crippen LogP) is 1.07. The number of hydrogen-bond donors (Lipinski definition) is 0. The second kappa shape index (κ2) is 2.85. The molecule has 2 aromatic rings. The zero-order valence-electron chi connectivity index (χ0n) is 6.23. The highest BCUT2D eigenvalue weighted by Gasteiger charge is 2.08. The van der Waals surface area contributed by atoms with E-state index < -0.39 is 0 Å². The molecule has 12 heavy (non-hydrogen) atoms. The van der Waals surface area contributed by atoms with Gasteiger partial charge in [-0.25, -0.2) is 0 Å². The zero-order valence-corrected chi connectivity index (χ0v) is 8.39. The largest absolute Gasteiger partial charge is 0.410 e. The van der Waals surface area contributed by atoms with E-state index >= 15 is 0 Å². The van der Waals surface area contributed by atoms with Gasteiger partial charge in [0.25, 0.3) is 9.79 Å². The Balaban J connectivity index is 2.43. The molecule has 0 radical (unpaired) electrons. The molecule has 0 saturated heterocycles. The molecule has 0 aliphatic heterocycles. The van der Waals surface area contributed by atoms with Crippen molar-refractivity contribution in [3.05, 3.63) is 16.2 Å². The van der Waals surface area contributed by atoms with Gasteiger partial charge in [0.1, 0.15) is 5.69 Å². The smallest absolute Gasteiger partial charge is 0.278 e. The average molecular weight is 276 g/mol. The van der Waals surface area contributed by atoms with Crippen LogP contribution in [0.4, 0.5) is 0 Å². The molecule has 0 saturated carbocycles. The second-order valence-corrected chi connectivity index (χ2v) is 3.16. The van der Waals surface area contributed by atoms with E-state index in [1.807, 2.05) is 41.9 Å². The van der Waals surface area contributed by atoms with Crippen molar-refractivity contribution in [2.24, 2.45) is 7.05 Å². The molecule has 6 heteroatoms. The van der Waals surface area contributed by atoms with Crippen LogP contribution in [0.1, 0.15) is 0 Å². The highest BCUT2D eigenvalue weighted by molar-refractivity contribution is 14.1. The van der Waals surface area contributed by atoms with Gasteiger partial charge >= 0.3 is 0 Å². The summed E-state index contributed by atoms with van der Waals surface area (Å²) in [6, 6.07) is 1.82. The van der Waals surface area contributed by atoms with E-state index in [-0.39, 0.29) is 0 Å². The Labute approximate surface area is 81.9 Å². The molecular weight excluding hydrogens is 271 g/mol. The first-order valence-corrected chi connectivity index (χ1v) is 4.32. The molecule has 2 rings (SSSR count). The Kier molecular flexibility index (Phi) is 1.83. The van der Waals surface area contributed by atoms with Gasteiger partial charge in [-0.15, -0.1) is 10.2 Å². The van der Waals surface area contributed by atoms with E-state index in [0.717, 1.165) is 0 Å². The minimum Gasteiger partial charge on any atom is -0.410 e. The van der Waals surface area contributed by atoms with Gasteiger partial charge in [0.2, 0.25) is 0 Å². The Morgan fingerprint density at radius 1 is 1.50 bits per heavy atom. The van der Waals surface area contributed by atoms with E-state index in [1.165, 1.54) is 0 Å². The van der Waals surface area contributed by atoms with Gasteiger partial charge in [0, 0.05) is 35.8 Å². The summed E-state index contributed by atoms with van der Waals surface area (Å²) in [4.78, 5) is 0. The SMILES string of the molecule is Cn1ccc(-c2nnc(I)o2)n1. The lowest BCUT2D eigenvalue weighted by Gasteiger charge is -1.84. The monoisotopic (exact) mass is 276 g/mol. The third kappa shape index (κ3) is 1.33. The molecule has 0 aliphatic carbocycles. The number of nitrogens with zero attached hydrogens (tertiary/aromatic N) is 4. The molecule has 2 aromatic heterocycles. The van der Waals surface area contributed by atoms with Crippen molar-refractivity contribution in [3.8, 4) is 11.6 Å². The van der Waals surface area contributed by atoms with Gasteiger partial charge in [0.15, 0.2) is 0 Å². The number of aromatic nitrogens is 4. The van der Waals surface area contributed by atoms with E-state index in [0.29, 0.717) is 15.5 Å². The van der Waals surface area contributed by atoms with Gasteiger partial charge in [-0.2, -0.15) is 5.10 Å². The van der Waals surface area contributed by atoms with Gasteiger partial charge in [0.05, 0.1) is 0 Å². The van der Waals surface area contributed by atoms with Gasteiger partial charge in [-0.05, 0) is 6.07 Å². The molecule has 2 heterocycles. The fourth-order valence-corrected chi connectivity index (χ4v) is 1.15. The van der Waals surface area contributed by atoms with Crippen LogP contribution in [0.2, 0.25) is 0 Å². The maximum absolute atomic E-state index is 5.17. The molecule has 0 aliphatic rings. The summed E-state index contributed by atoms with van der Waals surface area (Å²) in [5, 5.41) is 11.6. The van der Waals surface area contributed by atoms with Gasteiger partial charge < -0.3 is 4.42 Å². The fraction of sp³-hybridized carbons (Fsp3) is 0.167. The number of aryl methyl sites for hydroxylation is 1. The molecule has 5 nitrogen and oxygen atoms in total. The van der Waals surface area contributed by atoms with Crippen molar-refractivity contribution in [1.82, 2.24) is 20.0 Å². The lowest BCUT2D eigenvalue weighted by molar-refractivity contribution is 0.533. The van der Waals surface area contributed by atoms with Crippen LogP contribution in [0.3, 0.4) is 0 Å². The number of hydrogen-bond acceptors (Lipinski definition) is 4. The molecule has 0 unspecified atom stereocenters. The first kappa shape index (κ1) is 7.71. The van der Waals surface area contributed by atoms with Crippen LogP contribution in [0.25, 0.3) is 11.6 Å². The maximum atomic E-state index is 5.17. The fourth-order valence-electron chi connectivity index (χ4n) is 0.838. The summed E-state index contributed by atoms with van der Waals surface area (Å²) in [7, 11) is 1.84. The van der Waals surface area contributed by atoms with E-state index in [4.69, 9.17) is 4.42 Å². The summed E-state index contributed by atoms with van der Waals surface area (Å²) in [6.07, 6.45) is 1.83. The van der Waals surface area contributed by atoms with Crippen LogP contribution in [0.15, 0.2) is 16.7 Å².